The Kier molecular flexibility index (Phi) is 4.42. The summed E-state index contributed by atoms with van der Waals surface area (Å²) in [4.78, 5) is 20.4. The third-order valence-electron chi connectivity index (χ3n) is 3.43. The van der Waals surface area contributed by atoms with Crippen molar-refractivity contribution in [2.45, 2.75) is 52.0 Å². The molecule has 1 aliphatic carbocycles. The van der Waals surface area contributed by atoms with Gasteiger partial charge in [-0.2, -0.15) is 0 Å². The van der Waals surface area contributed by atoms with E-state index in [9.17, 15) is 4.79 Å². The molecular weight excluding hydrogens is 254 g/mol. The van der Waals surface area contributed by atoms with E-state index in [0.29, 0.717) is 11.7 Å². The lowest BCUT2D eigenvalue weighted by molar-refractivity contribution is -0.118. The summed E-state index contributed by atoms with van der Waals surface area (Å²) in [6.07, 6.45) is 3.31. The third-order valence-corrected chi connectivity index (χ3v) is 3.43. The molecule has 110 valence electrons. The number of anilines is 2. The molecule has 0 saturated heterocycles. The average molecular weight is 277 g/mol. The predicted molar refractivity (Wildman–Crippen MR) is 79.8 cm³/mol. The summed E-state index contributed by atoms with van der Waals surface area (Å²) in [7, 11) is 0. The van der Waals surface area contributed by atoms with Gasteiger partial charge in [0, 0.05) is 18.0 Å². The topological polar surface area (TPSA) is 92.9 Å². The van der Waals surface area contributed by atoms with Crippen molar-refractivity contribution >= 4 is 17.5 Å². The van der Waals surface area contributed by atoms with E-state index < -0.39 is 6.04 Å². The Labute approximate surface area is 119 Å². The van der Waals surface area contributed by atoms with Gasteiger partial charge in [-0.3, -0.25) is 4.79 Å². The quantitative estimate of drug-likeness (QED) is 0.706. The second kappa shape index (κ2) is 6.07. The summed E-state index contributed by atoms with van der Waals surface area (Å²) >= 11 is 0. The highest BCUT2D eigenvalue weighted by Crippen LogP contribution is 2.39. The molecule has 0 aliphatic heterocycles. The smallest absolute Gasteiger partial charge is 0.239 e. The number of rotatable bonds is 7. The van der Waals surface area contributed by atoms with Crippen LogP contribution in [0.3, 0.4) is 0 Å². The number of primary amides is 1. The lowest BCUT2D eigenvalue weighted by Crippen LogP contribution is -2.33. The number of hydrogen-bond acceptors (Lipinski definition) is 5. The van der Waals surface area contributed by atoms with Crippen LogP contribution in [0.1, 0.15) is 50.4 Å². The van der Waals surface area contributed by atoms with E-state index in [1.54, 1.807) is 6.92 Å². The van der Waals surface area contributed by atoms with Gasteiger partial charge in [-0.1, -0.05) is 6.92 Å². The van der Waals surface area contributed by atoms with Gasteiger partial charge >= 0.3 is 0 Å². The molecule has 1 saturated carbocycles. The molecule has 1 aromatic heterocycles. The Morgan fingerprint density at radius 1 is 1.40 bits per heavy atom. The molecule has 0 spiro atoms. The Bertz CT molecular complexity index is 499. The van der Waals surface area contributed by atoms with E-state index in [2.05, 4.69) is 27.5 Å². The molecule has 1 fully saturated rings. The number of hydrogen-bond donors (Lipinski definition) is 3. The van der Waals surface area contributed by atoms with Crippen molar-refractivity contribution in [1.82, 2.24) is 9.97 Å². The average Bonchev–Trinajstić information content (AvgIpc) is 3.23. The number of nitrogens with one attached hydrogen (secondary N) is 2. The molecule has 20 heavy (non-hydrogen) atoms. The summed E-state index contributed by atoms with van der Waals surface area (Å²) in [5, 5.41) is 6.41. The molecule has 1 heterocycles. The molecule has 1 aromatic rings. The first kappa shape index (κ1) is 14.6. The number of carbonyl (C=O) groups excluding carboxylic acids is 1. The Hall–Kier alpha value is -1.85. The van der Waals surface area contributed by atoms with E-state index in [-0.39, 0.29) is 5.91 Å². The lowest BCUT2D eigenvalue weighted by atomic mass is 10.2. The second-order valence-electron chi connectivity index (χ2n) is 5.37. The minimum Gasteiger partial charge on any atom is -0.370 e. The van der Waals surface area contributed by atoms with Crippen LogP contribution in [0.25, 0.3) is 0 Å². The van der Waals surface area contributed by atoms with Crippen molar-refractivity contribution < 1.29 is 4.79 Å². The van der Waals surface area contributed by atoms with E-state index in [0.717, 1.165) is 43.0 Å². The van der Waals surface area contributed by atoms with E-state index >= 15 is 0 Å². The molecule has 0 radical (unpaired) electrons. The SMILES string of the molecule is CCCNc1nc(C2CC2)nc(NC(C)C(N)=O)c1C. The lowest BCUT2D eigenvalue weighted by Gasteiger charge is -2.17. The molecule has 6 nitrogen and oxygen atoms in total. The first-order valence-electron chi connectivity index (χ1n) is 7.21. The summed E-state index contributed by atoms with van der Waals surface area (Å²) in [6.45, 7) is 6.66. The standard InChI is InChI=1S/C14H23N5O/c1-4-7-16-12-8(2)13(17-9(3)11(15)20)19-14(18-12)10-5-6-10/h9-10H,4-7H2,1-3H3,(H2,15,20)(H2,16,17,18,19). The maximum Gasteiger partial charge on any atom is 0.239 e. The highest BCUT2D eigenvalue weighted by molar-refractivity contribution is 5.82. The molecular formula is C14H23N5O. The molecule has 6 heteroatoms. The van der Waals surface area contributed by atoms with Gasteiger partial charge in [0.2, 0.25) is 5.91 Å². The molecule has 0 bridgehead atoms. The van der Waals surface area contributed by atoms with Crippen molar-refractivity contribution in [3.8, 4) is 0 Å². The van der Waals surface area contributed by atoms with Crippen LogP contribution < -0.4 is 16.4 Å². The molecule has 1 amide bonds. The van der Waals surface area contributed by atoms with Crippen LogP contribution in [0.2, 0.25) is 0 Å². The molecule has 2 rings (SSSR count). The van der Waals surface area contributed by atoms with Gasteiger partial charge in [-0.25, -0.2) is 9.97 Å². The molecule has 1 aliphatic rings. The van der Waals surface area contributed by atoms with Crippen LogP contribution in [0.4, 0.5) is 11.6 Å². The maximum absolute atomic E-state index is 11.2. The summed E-state index contributed by atoms with van der Waals surface area (Å²) < 4.78 is 0. The summed E-state index contributed by atoms with van der Waals surface area (Å²) in [6, 6.07) is -0.449. The minimum atomic E-state index is -0.449. The predicted octanol–water partition coefficient (Wildman–Crippen LogP) is 1.77. The molecule has 1 unspecified atom stereocenters. The van der Waals surface area contributed by atoms with Crippen molar-refractivity contribution in [2.75, 3.05) is 17.2 Å². The number of nitrogens with two attached hydrogens (primary N) is 1. The van der Waals surface area contributed by atoms with Gasteiger partial charge in [-0.05, 0) is 33.1 Å². The minimum absolute atomic E-state index is 0.390. The highest BCUT2D eigenvalue weighted by Gasteiger charge is 2.28. The zero-order valence-electron chi connectivity index (χ0n) is 12.4. The Morgan fingerprint density at radius 3 is 2.60 bits per heavy atom. The normalized spacial score (nSPS) is 15.8. The first-order chi connectivity index (χ1) is 9.52. The van der Waals surface area contributed by atoms with Crippen molar-refractivity contribution in [2.24, 2.45) is 5.73 Å². The molecule has 4 N–H and O–H groups in total. The zero-order chi connectivity index (χ0) is 14.7. The fraction of sp³-hybridized carbons (Fsp3) is 0.643. The maximum atomic E-state index is 11.2. The van der Waals surface area contributed by atoms with Gasteiger partial charge in [0.15, 0.2) is 0 Å². The highest BCUT2D eigenvalue weighted by atomic mass is 16.1. The van der Waals surface area contributed by atoms with E-state index in [1.165, 1.54) is 0 Å². The van der Waals surface area contributed by atoms with Crippen LogP contribution in [0, 0.1) is 6.92 Å². The van der Waals surface area contributed by atoms with Crippen LogP contribution in [-0.4, -0.2) is 28.5 Å². The van der Waals surface area contributed by atoms with E-state index in [1.807, 2.05) is 6.92 Å². The van der Waals surface area contributed by atoms with Crippen molar-refractivity contribution in [3.63, 3.8) is 0 Å². The van der Waals surface area contributed by atoms with Gasteiger partial charge in [-0.15, -0.1) is 0 Å². The van der Waals surface area contributed by atoms with Gasteiger partial charge < -0.3 is 16.4 Å². The van der Waals surface area contributed by atoms with Crippen LogP contribution in [0.5, 0.6) is 0 Å². The summed E-state index contributed by atoms with van der Waals surface area (Å²) in [5.74, 6) is 2.48. The first-order valence-corrected chi connectivity index (χ1v) is 7.21. The largest absolute Gasteiger partial charge is 0.370 e. The zero-order valence-corrected chi connectivity index (χ0v) is 12.4. The Balaban J connectivity index is 2.27. The molecule has 1 atom stereocenters. The van der Waals surface area contributed by atoms with E-state index in [4.69, 9.17) is 5.73 Å². The van der Waals surface area contributed by atoms with Crippen LogP contribution in [-0.2, 0) is 4.79 Å². The van der Waals surface area contributed by atoms with Gasteiger partial charge in [0.25, 0.3) is 0 Å². The number of carbonyl (C=O) groups is 1. The van der Waals surface area contributed by atoms with Gasteiger partial charge in [0.05, 0.1) is 0 Å². The fourth-order valence-electron chi connectivity index (χ4n) is 1.89. The monoisotopic (exact) mass is 277 g/mol. The third kappa shape index (κ3) is 3.37. The van der Waals surface area contributed by atoms with Crippen LogP contribution in [0.15, 0.2) is 0 Å². The fourth-order valence-corrected chi connectivity index (χ4v) is 1.89. The van der Waals surface area contributed by atoms with Gasteiger partial charge in [0.1, 0.15) is 23.5 Å². The number of nitrogens with zero attached hydrogens (tertiary/aromatic N) is 2. The molecule has 0 aromatic carbocycles. The summed E-state index contributed by atoms with van der Waals surface area (Å²) in [5.41, 5.74) is 6.23. The Morgan fingerprint density at radius 2 is 2.05 bits per heavy atom. The van der Waals surface area contributed by atoms with Crippen LogP contribution >= 0.6 is 0 Å². The van der Waals surface area contributed by atoms with Crippen molar-refractivity contribution in [1.29, 1.82) is 0 Å². The number of amides is 1. The number of aromatic nitrogens is 2. The van der Waals surface area contributed by atoms with Crippen molar-refractivity contribution in [3.05, 3.63) is 11.4 Å². The second-order valence-corrected chi connectivity index (χ2v) is 5.37.